The monoisotopic (exact) mass is 384 g/mol. The van der Waals surface area contributed by atoms with E-state index in [-0.39, 0.29) is 11.6 Å². The molecule has 1 aliphatic rings. The normalized spacial score (nSPS) is 13.2. The van der Waals surface area contributed by atoms with Crippen molar-refractivity contribution in [3.63, 3.8) is 0 Å². The van der Waals surface area contributed by atoms with Gasteiger partial charge in [-0.05, 0) is 31.1 Å². The fraction of sp³-hybridized carbons (Fsp3) is 0.130. The first-order valence-electron chi connectivity index (χ1n) is 9.40. The largest absolute Gasteiger partial charge is 0.479 e. The van der Waals surface area contributed by atoms with Gasteiger partial charge in [0, 0.05) is 23.5 Å². The maximum Gasteiger partial charge on any atom is 0.284 e. The average molecular weight is 384 g/mol. The standard InChI is InChI=1S/C23H20N4O2/c1-2-17-15-25-22(18-9-4-3-5-10-18)26-21(17)23(28)27(19-11-8-13-24-16-19)20-12-6-7-14-29-20/h2-5,8-13,15-16H,1,6-7,14H2. The molecule has 0 bridgehead atoms. The van der Waals surface area contributed by atoms with Crippen LogP contribution in [0.2, 0.25) is 0 Å². The van der Waals surface area contributed by atoms with Crippen LogP contribution >= 0.6 is 0 Å². The molecule has 0 N–H and O–H groups in total. The van der Waals surface area contributed by atoms with Crippen molar-refractivity contribution in [2.24, 2.45) is 0 Å². The Kier molecular flexibility index (Phi) is 5.42. The van der Waals surface area contributed by atoms with Gasteiger partial charge in [0.2, 0.25) is 0 Å². The number of carbonyl (C=O) groups is 1. The van der Waals surface area contributed by atoms with Crippen LogP contribution in [0, 0.1) is 0 Å². The first kappa shape index (κ1) is 18.6. The Morgan fingerprint density at radius 3 is 2.69 bits per heavy atom. The number of hydrogen-bond donors (Lipinski definition) is 0. The Morgan fingerprint density at radius 1 is 1.14 bits per heavy atom. The predicted octanol–water partition coefficient (Wildman–Crippen LogP) is 4.48. The van der Waals surface area contributed by atoms with E-state index < -0.39 is 0 Å². The molecule has 4 rings (SSSR count). The van der Waals surface area contributed by atoms with Gasteiger partial charge in [-0.25, -0.2) is 14.9 Å². The Hall–Kier alpha value is -3.80. The van der Waals surface area contributed by atoms with Gasteiger partial charge in [0.05, 0.1) is 18.5 Å². The van der Waals surface area contributed by atoms with E-state index in [1.807, 2.05) is 42.5 Å². The second kappa shape index (κ2) is 8.48. The van der Waals surface area contributed by atoms with Gasteiger partial charge >= 0.3 is 0 Å². The molecule has 1 aliphatic heterocycles. The first-order valence-corrected chi connectivity index (χ1v) is 9.40. The number of allylic oxidation sites excluding steroid dienone is 1. The van der Waals surface area contributed by atoms with Crippen LogP contribution in [0.3, 0.4) is 0 Å². The van der Waals surface area contributed by atoms with Gasteiger partial charge < -0.3 is 4.74 Å². The minimum Gasteiger partial charge on any atom is -0.479 e. The minimum atomic E-state index is -0.319. The van der Waals surface area contributed by atoms with Crippen molar-refractivity contribution < 1.29 is 9.53 Å². The van der Waals surface area contributed by atoms with Crippen LogP contribution in [-0.2, 0) is 4.74 Å². The van der Waals surface area contributed by atoms with E-state index in [9.17, 15) is 4.79 Å². The number of pyridine rings is 1. The van der Waals surface area contributed by atoms with Crippen molar-refractivity contribution in [3.05, 3.63) is 90.9 Å². The van der Waals surface area contributed by atoms with Crippen LogP contribution in [-0.4, -0.2) is 27.5 Å². The topological polar surface area (TPSA) is 68.2 Å². The number of ether oxygens (including phenoxy) is 1. The highest BCUT2D eigenvalue weighted by Gasteiger charge is 2.27. The zero-order valence-corrected chi connectivity index (χ0v) is 15.9. The summed E-state index contributed by atoms with van der Waals surface area (Å²) in [6.45, 7) is 4.37. The van der Waals surface area contributed by atoms with Crippen LogP contribution in [0.5, 0.6) is 0 Å². The molecule has 0 spiro atoms. The van der Waals surface area contributed by atoms with Gasteiger partial charge in [0.15, 0.2) is 11.7 Å². The average Bonchev–Trinajstić information content (AvgIpc) is 2.81. The third-order valence-electron chi connectivity index (χ3n) is 4.52. The second-order valence-corrected chi connectivity index (χ2v) is 6.45. The fourth-order valence-electron chi connectivity index (χ4n) is 3.07. The van der Waals surface area contributed by atoms with Crippen molar-refractivity contribution in [2.45, 2.75) is 12.8 Å². The van der Waals surface area contributed by atoms with E-state index in [1.54, 1.807) is 30.7 Å². The molecule has 29 heavy (non-hydrogen) atoms. The molecule has 6 heteroatoms. The summed E-state index contributed by atoms with van der Waals surface area (Å²) in [6, 6.07) is 13.1. The zero-order valence-electron chi connectivity index (χ0n) is 15.9. The minimum absolute atomic E-state index is 0.257. The number of amides is 1. The van der Waals surface area contributed by atoms with Crippen molar-refractivity contribution in [2.75, 3.05) is 11.5 Å². The number of aromatic nitrogens is 3. The highest BCUT2D eigenvalue weighted by Crippen LogP contribution is 2.26. The highest BCUT2D eigenvalue weighted by molar-refractivity contribution is 6.08. The van der Waals surface area contributed by atoms with E-state index in [1.165, 1.54) is 4.90 Å². The van der Waals surface area contributed by atoms with Gasteiger partial charge in [-0.3, -0.25) is 9.78 Å². The van der Waals surface area contributed by atoms with Gasteiger partial charge in [-0.1, -0.05) is 43.0 Å². The molecule has 3 heterocycles. The number of nitrogens with zero attached hydrogens (tertiary/aromatic N) is 4. The number of rotatable bonds is 5. The van der Waals surface area contributed by atoms with E-state index in [0.29, 0.717) is 29.6 Å². The summed E-state index contributed by atoms with van der Waals surface area (Å²) < 4.78 is 5.79. The third-order valence-corrected chi connectivity index (χ3v) is 4.52. The Morgan fingerprint density at radius 2 is 2.00 bits per heavy atom. The Bertz CT molecular complexity index is 1050. The molecule has 0 saturated heterocycles. The predicted molar refractivity (Wildman–Crippen MR) is 112 cm³/mol. The summed E-state index contributed by atoms with van der Waals surface area (Å²) in [7, 11) is 0. The molecule has 1 amide bonds. The van der Waals surface area contributed by atoms with Crippen LogP contribution < -0.4 is 4.90 Å². The molecule has 0 unspecified atom stereocenters. The number of anilines is 1. The summed E-state index contributed by atoms with van der Waals surface area (Å²) >= 11 is 0. The van der Waals surface area contributed by atoms with Crippen molar-refractivity contribution in [1.29, 1.82) is 0 Å². The van der Waals surface area contributed by atoms with Gasteiger partial charge in [-0.15, -0.1) is 0 Å². The molecule has 0 saturated carbocycles. The second-order valence-electron chi connectivity index (χ2n) is 6.45. The SMILES string of the molecule is C=Cc1cnc(-c2ccccc2)nc1C(=O)N(C1=CCCCO1)c1cccnc1. The van der Waals surface area contributed by atoms with E-state index in [4.69, 9.17) is 4.74 Å². The van der Waals surface area contributed by atoms with E-state index >= 15 is 0 Å². The lowest BCUT2D eigenvalue weighted by Gasteiger charge is -2.27. The summed E-state index contributed by atoms with van der Waals surface area (Å²) in [5, 5.41) is 0. The molecule has 2 aromatic heterocycles. The van der Waals surface area contributed by atoms with Crippen LogP contribution in [0.25, 0.3) is 17.5 Å². The van der Waals surface area contributed by atoms with E-state index in [0.717, 1.165) is 18.4 Å². The molecule has 0 radical (unpaired) electrons. The molecule has 0 atom stereocenters. The quantitative estimate of drug-likeness (QED) is 0.649. The summed E-state index contributed by atoms with van der Waals surface area (Å²) in [5.74, 6) is 0.647. The van der Waals surface area contributed by atoms with Gasteiger partial charge in [0.25, 0.3) is 5.91 Å². The Balaban J connectivity index is 1.81. The number of benzene rings is 1. The maximum absolute atomic E-state index is 13.6. The van der Waals surface area contributed by atoms with Crippen molar-refractivity contribution >= 4 is 17.7 Å². The van der Waals surface area contributed by atoms with Crippen LogP contribution in [0.4, 0.5) is 5.69 Å². The fourth-order valence-corrected chi connectivity index (χ4v) is 3.07. The van der Waals surface area contributed by atoms with E-state index in [2.05, 4.69) is 21.5 Å². The van der Waals surface area contributed by atoms with Crippen LogP contribution in [0.1, 0.15) is 28.9 Å². The molecule has 6 nitrogen and oxygen atoms in total. The smallest absolute Gasteiger partial charge is 0.284 e. The van der Waals surface area contributed by atoms with Crippen LogP contribution in [0.15, 0.2) is 79.6 Å². The van der Waals surface area contributed by atoms with Gasteiger partial charge in [-0.2, -0.15) is 0 Å². The maximum atomic E-state index is 13.6. The molecule has 0 aliphatic carbocycles. The summed E-state index contributed by atoms with van der Waals surface area (Å²) in [4.78, 5) is 28.3. The molecule has 1 aromatic carbocycles. The van der Waals surface area contributed by atoms with Crippen molar-refractivity contribution in [1.82, 2.24) is 15.0 Å². The van der Waals surface area contributed by atoms with Gasteiger partial charge in [0.1, 0.15) is 5.69 Å². The van der Waals surface area contributed by atoms with Crippen molar-refractivity contribution in [3.8, 4) is 11.4 Å². The highest BCUT2D eigenvalue weighted by atomic mass is 16.5. The zero-order chi connectivity index (χ0) is 20.1. The number of carbonyl (C=O) groups excluding carboxylic acids is 1. The summed E-state index contributed by atoms with van der Waals surface area (Å²) in [6.07, 6.45) is 10.2. The molecule has 0 fully saturated rings. The Labute approximate surface area is 169 Å². The molecule has 3 aromatic rings. The third kappa shape index (κ3) is 3.91. The lowest BCUT2D eigenvalue weighted by Crippen LogP contribution is -2.34. The lowest BCUT2D eigenvalue weighted by atomic mass is 10.1. The first-order chi connectivity index (χ1) is 14.3. The summed E-state index contributed by atoms with van der Waals surface area (Å²) in [5.41, 5.74) is 2.26. The molecular formula is C23H20N4O2. The molecular weight excluding hydrogens is 364 g/mol. The molecule has 144 valence electrons. The lowest BCUT2D eigenvalue weighted by molar-refractivity contribution is 0.0952. The number of hydrogen-bond acceptors (Lipinski definition) is 5.